The van der Waals surface area contributed by atoms with Gasteiger partial charge in [0.1, 0.15) is 13.2 Å². The number of rotatable bonds is 50. The molecule has 0 N–H and O–H groups in total. The van der Waals surface area contributed by atoms with Crippen molar-refractivity contribution in [3.63, 3.8) is 0 Å². The van der Waals surface area contributed by atoms with Crippen LogP contribution in [0.2, 0.25) is 0 Å². The molecule has 0 heterocycles. The molecule has 0 saturated carbocycles. The summed E-state index contributed by atoms with van der Waals surface area (Å²) in [4.78, 5) is 38.0. The maximum absolute atomic E-state index is 12.8. The van der Waals surface area contributed by atoms with Crippen molar-refractivity contribution in [2.45, 2.75) is 309 Å². The third-order valence-electron chi connectivity index (χ3n) is 12.3. The van der Waals surface area contributed by atoms with Crippen molar-refractivity contribution < 1.29 is 28.6 Å². The van der Waals surface area contributed by atoms with E-state index < -0.39 is 6.10 Å². The third kappa shape index (κ3) is 49.0. The molecule has 1 atom stereocenters. The van der Waals surface area contributed by atoms with Crippen LogP contribution in [0.3, 0.4) is 0 Å². The lowest BCUT2D eigenvalue weighted by atomic mass is 10.0. The van der Waals surface area contributed by atoms with Crippen LogP contribution in [0.1, 0.15) is 303 Å². The predicted octanol–water partition coefficient (Wildman–Crippen LogP) is 17.8. The molecule has 0 aromatic rings. The van der Waals surface area contributed by atoms with E-state index >= 15 is 0 Å². The summed E-state index contributed by atoms with van der Waals surface area (Å²) in [5.41, 5.74) is 0. The summed E-state index contributed by atoms with van der Waals surface area (Å²) in [5, 5.41) is 0. The minimum Gasteiger partial charge on any atom is -0.462 e. The van der Waals surface area contributed by atoms with Gasteiger partial charge in [-0.1, -0.05) is 251 Å². The summed E-state index contributed by atoms with van der Waals surface area (Å²) in [6, 6.07) is 0. The fourth-order valence-corrected chi connectivity index (χ4v) is 8.14. The second-order valence-corrected chi connectivity index (χ2v) is 18.5. The summed E-state index contributed by atoms with van der Waals surface area (Å²) in [6.45, 7) is 6.66. The SMILES string of the molecule is CCCCCC/C=C\CCCCCCCCCC(=O)O[C@@H](COC(=O)CCCCCCCCCCCCC)COC(=O)CCCCCCCCCCCCCCCCCCC. The Labute approximate surface area is 380 Å². The number of unbranched alkanes of at least 4 members (excludes halogenated alkanes) is 37. The zero-order valence-corrected chi connectivity index (χ0v) is 41.2. The number of esters is 3. The van der Waals surface area contributed by atoms with Crippen molar-refractivity contribution in [2.75, 3.05) is 13.2 Å². The van der Waals surface area contributed by atoms with Crippen LogP contribution in [-0.4, -0.2) is 37.2 Å². The minimum absolute atomic E-state index is 0.0662. The lowest BCUT2D eigenvalue weighted by Gasteiger charge is -2.18. The maximum atomic E-state index is 12.8. The Kier molecular flexibility index (Phi) is 49.3. The summed E-state index contributed by atoms with van der Waals surface area (Å²) in [6.07, 6.45) is 56.2. The van der Waals surface area contributed by atoms with Crippen LogP contribution < -0.4 is 0 Å². The summed E-state index contributed by atoms with van der Waals surface area (Å²) in [7, 11) is 0. The van der Waals surface area contributed by atoms with Gasteiger partial charge in [-0.2, -0.15) is 0 Å². The van der Waals surface area contributed by atoms with Gasteiger partial charge in [0.05, 0.1) is 0 Å². The first kappa shape index (κ1) is 59.1. The molecule has 61 heavy (non-hydrogen) atoms. The normalized spacial score (nSPS) is 12.0. The van der Waals surface area contributed by atoms with Crippen molar-refractivity contribution in [3.8, 4) is 0 Å². The molecule has 0 aromatic heterocycles. The molecule has 0 spiro atoms. The van der Waals surface area contributed by atoms with Gasteiger partial charge in [0.25, 0.3) is 0 Å². The molecule has 6 nitrogen and oxygen atoms in total. The van der Waals surface area contributed by atoms with Crippen molar-refractivity contribution in [2.24, 2.45) is 0 Å². The standard InChI is InChI=1S/C55H104O6/c1-4-7-10-13-16-19-22-24-26-27-29-30-33-36-39-42-45-48-54(57)60-51-52(50-59-53(56)47-44-41-38-35-32-21-18-15-12-9-6-3)61-55(58)49-46-43-40-37-34-31-28-25-23-20-17-14-11-8-5-2/h20,23,52H,4-19,21-22,24-51H2,1-3H3/b23-20-/t52-/m0/s1. The Morgan fingerprint density at radius 2 is 0.541 bits per heavy atom. The Bertz CT molecular complexity index is 947. The van der Waals surface area contributed by atoms with Gasteiger partial charge in [-0.05, 0) is 44.9 Å². The van der Waals surface area contributed by atoms with Crippen molar-refractivity contribution >= 4 is 17.9 Å². The van der Waals surface area contributed by atoms with Gasteiger partial charge in [-0.15, -0.1) is 0 Å². The Hall–Kier alpha value is -1.85. The molecule has 0 unspecified atom stereocenters. The van der Waals surface area contributed by atoms with Gasteiger partial charge in [0, 0.05) is 19.3 Å². The van der Waals surface area contributed by atoms with E-state index in [1.165, 1.54) is 205 Å². The average molecular weight is 861 g/mol. The Balaban J connectivity index is 4.29. The molecule has 0 bridgehead atoms. The fourth-order valence-electron chi connectivity index (χ4n) is 8.14. The van der Waals surface area contributed by atoms with Crippen LogP contribution in [0.25, 0.3) is 0 Å². The van der Waals surface area contributed by atoms with Crippen LogP contribution in [0, 0.1) is 0 Å². The molecule has 0 fully saturated rings. The van der Waals surface area contributed by atoms with E-state index in [2.05, 4.69) is 32.9 Å². The number of carbonyl (C=O) groups excluding carboxylic acids is 3. The van der Waals surface area contributed by atoms with Gasteiger partial charge in [-0.3, -0.25) is 14.4 Å². The molecule has 360 valence electrons. The number of hydrogen-bond acceptors (Lipinski definition) is 6. The summed E-state index contributed by atoms with van der Waals surface area (Å²) in [5.74, 6) is -0.852. The lowest BCUT2D eigenvalue weighted by Crippen LogP contribution is -2.30. The zero-order valence-electron chi connectivity index (χ0n) is 41.2. The van der Waals surface area contributed by atoms with E-state index in [-0.39, 0.29) is 31.1 Å². The van der Waals surface area contributed by atoms with Gasteiger partial charge >= 0.3 is 17.9 Å². The first-order valence-electron chi connectivity index (χ1n) is 27.2. The molecule has 0 saturated heterocycles. The highest BCUT2D eigenvalue weighted by Gasteiger charge is 2.19. The fraction of sp³-hybridized carbons (Fsp3) is 0.909. The number of carbonyl (C=O) groups is 3. The van der Waals surface area contributed by atoms with Crippen LogP contribution in [0.15, 0.2) is 12.2 Å². The third-order valence-corrected chi connectivity index (χ3v) is 12.3. The highest BCUT2D eigenvalue weighted by Crippen LogP contribution is 2.17. The highest BCUT2D eigenvalue weighted by molar-refractivity contribution is 5.71. The van der Waals surface area contributed by atoms with Crippen molar-refractivity contribution in [3.05, 3.63) is 12.2 Å². The summed E-state index contributed by atoms with van der Waals surface area (Å²) >= 11 is 0. The highest BCUT2D eigenvalue weighted by atomic mass is 16.6. The van der Waals surface area contributed by atoms with Crippen LogP contribution in [-0.2, 0) is 28.6 Å². The van der Waals surface area contributed by atoms with Gasteiger partial charge < -0.3 is 14.2 Å². The van der Waals surface area contributed by atoms with E-state index in [4.69, 9.17) is 14.2 Å². The van der Waals surface area contributed by atoms with Crippen molar-refractivity contribution in [1.29, 1.82) is 0 Å². The molecule has 0 aliphatic rings. The van der Waals surface area contributed by atoms with E-state index in [0.29, 0.717) is 19.3 Å². The molecule has 0 amide bonds. The zero-order chi connectivity index (χ0) is 44.4. The van der Waals surface area contributed by atoms with Gasteiger partial charge in [0.2, 0.25) is 0 Å². The second-order valence-electron chi connectivity index (χ2n) is 18.5. The molecule has 0 rings (SSSR count). The van der Waals surface area contributed by atoms with Crippen molar-refractivity contribution in [1.82, 2.24) is 0 Å². The van der Waals surface area contributed by atoms with E-state index in [0.717, 1.165) is 57.8 Å². The lowest BCUT2D eigenvalue weighted by molar-refractivity contribution is -0.167. The predicted molar refractivity (Wildman–Crippen MR) is 261 cm³/mol. The molecular weight excluding hydrogens is 757 g/mol. The molecule has 0 aliphatic carbocycles. The van der Waals surface area contributed by atoms with Crippen LogP contribution in [0.5, 0.6) is 0 Å². The van der Waals surface area contributed by atoms with Gasteiger partial charge in [-0.25, -0.2) is 0 Å². The van der Waals surface area contributed by atoms with E-state index in [9.17, 15) is 14.4 Å². The van der Waals surface area contributed by atoms with Crippen LogP contribution >= 0.6 is 0 Å². The monoisotopic (exact) mass is 861 g/mol. The molecule has 0 aromatic carbocycles. The molecule has 6 heteroatoms. The Morgan fingerprint density at radius 3 is 0.836 bits per heavy atom. The van der Waals surface area contributed by atoms with Crippen LogP contribution in [0.4, 0.5) is 0 Å². The molecule has 0 radical (unpaired) electrons. The second kappa shape index (κ2) is 50.8. The van der Waals surface area contributed by atoms with Gasteiger partial charge in [0.15, 0.2) is 6.10 Å². The number of allylic oxidation sites excluding steroid dienone is 2. The largest absolute Gasteiger partial charge is 0.462 e. The Morgan fingerprint density at radius 1 is 0.311 bits per heavy atom. The first-order valence-corrected chi connectivity index (χ1v) is 27.2. The number of ether oxygens (including phenoxy) is 3. The smallest absolute Gasteiger partial charge is 0.306 e. The van der Waals surface area contributed by atoms with E-state index in [1.807, 2.05) is 0 Å². The maximum Gasteiger partial charge on any atom is 0.306 e. The first-order chi connectivity index (χ1) is 30.0. The average Bonchev–Trinajstić information content (AvgIpc) is 3.26. The molecular formula is C55H104O6. The van der Waals surface area contributed by atoms with E-state index in [1.54, 1.807) is 0 Å². The summed E-state index contributed by atoms with van der Waals surface area (Å²) < 4.78 is 16.8. The molecule has 0 aliphatic heterocycles. The topological polar surface area (TPSA) is 78.9 Å². The number of hydrogen-bond donors (Lipinski definition) is 0. The minimum atomic E-state index is -0.765. The quantitative estimate of drug-likeness (QED) is 0.0262.